The Morgan fingerprint density at radius 3 is 2.47 bits per heavy atom. The molecule has 0 aromatic carbocycles. The fraction of sp³-hybridized carbons (Fsp3) is 0.923. The van der Waals surface area contributed by atoms with Crippen molar-refractivity contribution in [3.63, 3.8) is 0 Å². The van der Waals surface area contributed by atoms with Gasteiger partial charge in [0.1, 0.15) is 11.5 Å². The van der Waals surface area contributed by atoms with Gasteiger partial charge in [-0.15, -0.1) is 0 Å². The van der Waals surface area contributed by atoms with Crippen molar-refractivity contribution in [2.75, 3.05) is 32.8 Å². The van der Waals surface area contributed by atoms with Gasteiger partial charge in [0.15, 0.2) is 0 Å². The van der Waals surface area contributed by atoms with Gasteiger partial charge in [0.2, 0.25) is 5.91 Å². The van der Waals surface area contributed by atoms with Crippen molar-refractivity contribution >= 4 is 5.91 Å². The Morgan fingerprint density at radius 1 is 1.32 bits per heavy atom. The van der Waals surface area contributed by atoms with E-state index in [2.05, 4.69) is 18.7 Å². The molecule has 6 heteroatoms. The molecule has 0 aromatic rings. The highest BCUT2D eigenvalue weighted by atomic mass is 19.3. The van der Waals surface area contributed by atoms with Crippen molar-refractivity contribution < 1.29 is 18.3 Å². The highest BCUT2D eigenvalue weighted by Crippen LogP contribution is 2.50. The lowest BCUT2D eigenvalue weighted by molar-refractivity contribution is -0.196. The molecule has 108 valence electrons. The lowest BCUT2D eigenvalue weighted by atomic mass is 9.90. The molecule has 0 radical (unpaired) electrons. The third-order valence-electron chi connectivity index (χ3n) is 4.40. The van der Waals surface area contributed by atoms with Gasteiger partial charge in [-0.2, -0.15) is 0 Å². The second kappa shape index (κ2) is 4.12. The molecule has 4 nitrogen and oxygen atoms in total. The number of ether oxygens (including phenoxy) is 1. The zero-order valence-corrected chi connectivity index (χ0v) is 11.4. The van der Waals surface area contributed by atoms with E-state index in [4.69, 9.17) is 4.74 Å². The summed E-state index contributed by atoms with van der Waals surface area (Å²) >= 11 is 0. The van der Waals surface area contributed by atoms with E-state index in [0.717, 1.165) is 13.1 Å². The third-order valence-corrected chi connectivity index (χ3v) is 4.40. The van der Waals surface area contributed by atoms with E-state index in [1.165, 1.54) is 4.90 Å². The smallest absolute Gasteiger partial charge is 0.260 e. The summed E-state index contributed by atoms with van der Waals surface area (Å²) in [7, 11) is 0. The van der Waals surface area contributed by atoms with Crippen molar-refractivity contribution in [2.24, 2.45) is 5.92 Å². The van der Waals surface area contributed by atoms with Gasteiger partial charge in [0, 0.05) is 25.6 Å². The molecular weight excluding hydrogens is 254 g/mol. The van der Waals surface area contributed by atoms with Crippen molar-refractivity contribution in [1.82, 2.24) is 9.80 Å². The first-order valence-corrected chi connectivity index (χ1v) is 6.88. The standard InChI is InChI=1S/C13H20F2N2O2/c1-9(2)16-3-4-19-12(6-16)7-17(8-12)11(18)10-5-13(10,14)15/h9-10H,3-8H2,1-2H3/t10-/m0/s1. The average Bonchev–Trinajstić information content (AvgIpc) is 2.94. The maximum atomic E-state index is 12.9. The van der Waals surface area contributed by atoms with Crippen molar-refractivity contribution in [1.29, 1.82) is 0 Å². The number of nitrogens with zero attached hydrogens (tertiary/aromatic N) is 2. The molecule has 2 heterocycles. The Labute approximate surface area is 111 Å². The first-order chi connectivity index (χ1) is 8.83. The van der Waals surface area contributed by atoms with Crippen LogP contribution in [0.15, 0.2) is 0 Å². The Morgan fingerprint density at radius 2 is 1.95 bits per heavy atom. The fourth-order valence-electron chi connectivity index (χ4n) is 3.01. The lowest BCUT2D eigenvalue weighted by Gasteiger charge is -2.54. The highest BCUT2D eigenvalue weighted by Gasteiger charge is 2.64. The zero-order chi connectivity index (χ0) is 13.8. The second-order valence-corrected chi connectivity index (χ2v) is 6.31. The molecule has 0 N–H and O–H groups in total. The first-order valence-electron chi connectivity index (χ1n) is 6.88. The number of halogens is 2. The average molecular weight is 274 g/mol. The number of carbonyl (C=O) groups excluding carboxylic acids is 1. The summed E-state index contributed by atoms with van der Waals surface area (Å²) in [5.74, 6) is -4.24. The van der Waals surface area contributed by atoms with Crippen LogP contribution in [0.25, 0.3) is 0 Å². The Balaban J connectivity index is 1.55. The van der Waals surface area contributed by atoms with Gasteiger partial charge >= 0.3 is 0 Å². The summed E-state index contributed by atoms with van der Waals surface area (Å²) in [5.41, 5.74) is -0.317. The van der Waals surface area contributed by atoms with E-state index in [-0.39, 0.29) is 12.0 Å². The molecule has 0 aromatic heterocycles. The van der Waals surface area contributed by atoms with Crippen LogP contribution >= 0.6 is 0 Å². The lowest BCUT2D eigenvalue weighted by Crippen LogP contribution is -2.71. The number of amides is 1. The van der Waals surface area contributed by atoms with Crippen LogP contribution in [0.2, 0.25) is 0 Å². The van der Waals surface area contributed by atoms with E-state index < -0.39 is 17.7 Å². The van der Waals surface area contributed by atoms with E-state index in [1.54, 1.807) is 0 Å². The summed E-state index contributed by atoms with van der Waals surface area (Å²) < 4.78 is 31.6. The largest absolute Gasteiger partial charge is 0.369 e. The second-order valence-electron chi connectivity index (χ2n) is 6.31. The van der Waals surface area contributed by atoms with Crippen LogP contribution in [0.5, 0.6) is 0 Å². The maximum Gasteiger partial charge on any atom is 0.260 e. The molecule has 3 rings (SSSR count). The summed E-state index contributed by atoms with van der Waals surface area (Å²) in [6.45, 7) is 7.52. The van der Waals surface area contributed by atoms with Crippen LogP contribution in [0.3, 0.4) is 0 Å². The number of likely N-dealkylation sites (tertiary alicyclic amines) is 1. The number of alkyl halides is 2. The number of carbonyl (C=O) groups is 1. The van der Waals surface area contributed by atoms with Crippen LogP contribution in [-0.2, 0) is 9.53 Å². The Bertz CT molecular complexity index is 394. The number of rotatable bonds is 2. The summed E-state index contributed by atoms with van der Waals surface area (Å²) in [5, 5.41) is 0. The molecule has 1 amide bonds. The topological polar surface area (TPSA) is 32.8 Å². The van der Waals surface area contributed by atoms with Gasteiger partial charge in [-0.1, -0.05) is 0 Å². The fourth-order valence-corrected chi connectivity index (χ4v) is 3.01. The predicted octanol–water partition coefficient (Wildman–Crippen LogP) is 0.963. The Kier molecular flexibility index (Phi) is 2.87. The van der Waals surface area contributed by atoms with Gasteiger partial charge in [-0.25, -0.2) is 8.78 Å². The minimum absolute atomic E-state index is 0.283. The summed E-state index contributed by atoms with van der Waals surface area (Å²) in [4.78, 5) is 15.7. The van der Waals surface area contributed by atoms with Crippen LogP contribution in [-0.4, -0.2) is 66.1 Å². The zero-order valence-electron chi connectivity index (χ0n) is 11.4. The third kappa shape index (κ3) is 2.25. The quantitative estimate of drug-likeness (QED) is 0.752. The normalized spacial score (nSPS) is 32.5. The SMILES string of the molecule is CC(C)N1CCOC2(CN(C(=O)[C@@H]3CC3(F)F)C2)C1. The van der Waals surface area contributed by atoms with Crippen LogP contribution in [0.1, 0.15) is 20.3 Å². The van der Waals surface area contributed by atoms with Gasteiger partial charge in [0.05, 0.1) is 19.7 Å². The van der Waals surface area contributed by atoms with E-state index in [9.17, 15) is 13.6 Å². The molecule has 3 fully saturated rings. The van der Waals surface area contributed by atoms with Crippen LogP contribution in [0, 0.1) is 5.92 Å². The van der Waals surface area contributed by atoms with Gasteiger partial charge < -0.3 is 9.64 Å². The summed E-state index contributed by atoms with van der Waals surface area (Å²) in [6.07, 6.45) is -0.283. The van der Waals surface area contributed by atoms with Crippen LogP contribution in [0.4, 0.5) is 8.78 Å². The molecule has 2 saturated heterocycles. The summed E-state index contributed by atoms with van der Waals surface area (Å²) in [6, 6.07) is 0.443. The van der Waals surface area contributed by atoms with E-state index in [1.807, 2.05) is 0 Å². The van der Waals surface area contributed by atoms with Crippen molar-refractivity contribution in [2.45, 2.75) is 37.8 Å². The highest BCUT2D eigenvalue weighted by molar-refractivity contribution is 5.84. The monoisotopic (exact) mass is 274 g/mol. The van der Waals surface area contributed by atoms with E-state index in [0.29, 0.717) is 25.7 Å². The first kappa shape index (κ1) is 13.2. The molecule has 1 aliphatic carbocycles. The molecule has 19 heavy (non-hydrogen) atoms. The maximum absolute atomic E-state index is 12.9. The molecule has 1 spiro atoms. The molecule has 1 saturated carbocycles. The van der Waals surface area contributed by atoms with E-state index >= 15 is 0 Å². The minimum Gasteiger partial charge on any atom is -0.369 e. The molecular formula is C13H20F2N2O2. The molecule has 3 aliphatic rings. The van der Waals surface area contributed by atoms with Crippen molar-refractivity contribution in [3.05, 3.63) is 0 Å². The van der Waals surface area contributed by atoms with Crippen molar-refractivity contribution in [3.8, 4) is 0 Å². The number of hydrogen-bond acceptors (Lipinski definition) is 3. The molecule has 2 aliphatic heterocycles. The van der Waals surface area contributed by atoms with Gasteiger partial charge in [-0.05, 0) is 13.8 Å². The predicted molar refractivity (Wildman–Crippen MR) is 65.0 cm³/mol. The van der Waals surface area contributed by atoms with Crippen LogP contribution < -0.4 is 0 Å². The molecule has 1 atom stereocenters. The minimum atomic E-state index is -2.77. The molecule has 0 bridgehead atoms. The number of hydrogen-bond donors (Lipinski definition) is 0. The van der Waals surface area contributed by atoms with Gasteiger partial charge in [-0.3, -0.25) is 9.69 Å². The number of morpholine rings is 1. The Hall–Kier alpha value is -0.750. The molecule has 0 unspecified atom stereocenters. The van der Waals surface area contributed by atoms with Gasteiger partial charge in [0.25, 0.3) is 5.92 Å².